The SMILES string of the molecule is Cc1ccc(C)c(-c2nnc(C(N)c3ccccc3)s2)c1. The van der Waals surface area contributed by atoms with E-state index in [0.29, 0.717) is 0 Å². The van der Waals surface area contributed by atoms with E-state index in [1.807, 2.05) is 30.3 Å². The van der Waals surface area contributed by atoms with Gasteiger partial charge in [0.2, 0.25) is 0 Å². The van der Waals surface area contributed by atoms with Crippen LogP contribution in [0.15, 0.2) is 48.5 Å². The summed E-state index contributed by atoms with van der Waals surface area (Å²) >= 11 is 1.56. The van der Waals surface area contributed by atoms with Crippen LogP contribution in [0.2, 0.25) is 0 Å². The number of benzene rings is 2. The Morgan fingerprint density at radius 3 is 2.52 bits per heavy atom. The fourth-order valence-electron chi connectivity index (χ4n) is 2.24. The molecule has 1 unspecified atom stereocenters. The molecule has 1 atom stereocenters. The molecule has 21 heavy (non-hydrogen) atoms. The molecular formula is C17H17N3S. The van der Waals surface area contributed by atoms with Crippen molar-refractivity contribution in [1.82, 2.24) is 10.2 Å². The molecule has 0 aliphatic rings. The molecular weight excluding hydrogens is 278 g/mol. The first-order valence-corrected chi connectivity index (χ1v) is 7.68. The highest BCUT2D eigenvalue weighted by atomic mass is 32.1. The van der Waals surface area contributed by atoms with Crippen molar-refractivity contribution in [3.8, 4) is 10.6 Å². The van der Waals surface area contributed by atoms with E-state index in [1.54, 1.807) is 11.3 Å². The molecule has 3 rings (SSSR count). The Labute approximate surface area is 128 Å². The summed E-state index contributed by atoms with van der Waals surface area (Å²) in [4.78, 5) is 0. The second-order valence-corrected chi connectivity index (χ2v) is 6.16. The number of nitrogens with zero attached hydrogens (tertiary/aromatic N) is 2. The largest absolute Gasteiger partial charge is 0.318 e. The topological polar surface area (TPSA) is 51.8 Å². The van der Waals surface area contributed by atoms with Gasteiger partial charge >= 0.3 is 0 Å². The van der Waals surface area contributed by atoms with Crippen molar-refractivity contribution in [1.29, 1.82) is 0 Å². The minimum Gasteiger partial charge on any atom is -0.318 e. The van der Waals surface area contributed by atoms with Gasteiger partial charge in [0.05, 0.1) is 6.04 Å². The van der Waals surface area contributed by atoms with Gasteiger partial charge in [0, 0.05) is 5.56 Å². The molecule has 4 heteroatoms. The molecule has 0 bridgehead atoms. The first kappa shape index (κ1) is 13.9. The Bertz CT molecular complexity index is 750. The molecule has 3 aromatic rings. The van der Waals surface area contributed by atoms with E-state index in [1.165, 1.54) is 11.1 Å². The lowest BCUT2D eigenvalue weighted by Crippen LogP contribution is -2.11. The maximum atomic E-state index is 6.28. The number of nitrogens with two attached hydrogens (primary N) is 1. The second-order valence-electron chi connectivity index (χ2n) is 5.15. The van der Waals surface area contributed by atoms with Crippen LogP contribution in [0.1, 0.15) is 27.7 Å². The summed E-state index contributed by atoms with van der Waals surface area (Å²) in [5, 5.41) is 10.4. The molecule has 0 amide bonds. The van der Waals surface area contributed by atoms with Crippen LogP contribution in [0.3, 0.4) is 0 Å². The van der Waals surface area contributed by atoms with E-state index in [-0.39, 0.29) is 6.04 Å². The maximum Gasteiger partial charge on any atom is 0.148 e. The fourth-order valence-corrected chi connectivity index (χ4v) is 3.19. The summed E-state index contributed by atoms with van der Waals surface area (Å²) in [7, 11) is 0. The Morgan fingerprint density at radius 1 is 1.00 bits per heavy atom. The number of aromatic nitrogens is 2. The predicted molar refractivity (Wildman–Crippen MR) is 87.3 cm³/mol. The average molecular weight is 295 g/mol. The van der Waals surface area contributed by atoms with E-state index in [9.17, 15) is 0 Å². The molecule has 0 spiro atoms. The molecule has 106 valence electrons. The van der Waals surface area contributed by atoms with Crippen LogP contribution in [0.4, 0.5) is 0 Å². The first-order chi connectivity index (χ1) is 10.1. The van der Waals surface area contributed by atoms with Gasteiger partial charge in [-0.2, -0.15) is 0 Å². The van der Waals surface area contributed by atoms with E-state index >= 15 is 0 Å². The molecule has 0 saturated heterocycles. The van der Waals surface area contributed by atoms with Crippen molar-refractivity contribution in [3.05, 3.63) is 70.2 Å². The van der Waals surface area contributed by atoms with Crippen LogP contribution in [0, 0.1) is 13.8 Å². The highest BCUT2D eigenvalue weighted by Crippen LogP contribution is 2.31. The van der Waals surface area contributed by atoms with Crippen molar-refractivity contribution in [3.63, 3.8) is 0 Å². The van der Waals surface area contributed by atoms with Crippen molar-refractivity contribution in [2.24, 2.45) is 5.73 Å². The van der Waals surface area contributed by atoms with Crippen molar-refractivity contribution < 1.29 is 0 Å². The lowest BCUT2D eigenvalue weighted by molar-refractivity contribution is 0.831. The number of hydrogen-bond donors (Lipinski definition) is 1. The Morgan fingerprint density at radius 2 is 1.76 bits per heavy atom. The molecule has 0 saturated carbocycles. The van der Waals surface area contributed by atoms with E-state index in [0.717, 1.165) is 21.1 Å². The zero-order valence-electron chi connectivity index (χ0n) is 12.1. The van der Waals surface area contributed by atoms with Gasteiger partial charge < -0.3 is 5.73 Å². The van der Waals surface area contributed by atoms with Crippen LogP contribution < -0.4 is 5.73 Å². The van der Waals surface area contributed by atoms with Crippen LogP contribution in [0.5, 0.6) is 0 Å². The highest BCUT2D eigenvalue weighted by molar-refractivity contribution is 7.14. The number of hydrogen-bond acceptors (Lipinski definition) is 4. The fraction of sp³-hybridized carbons (Fsp3) is 0.176. The van der Waals surface area contributed by atoms with Gasteiger partial charge in [-0.1, -0.05) is 59.4 Å². The molecule has 0 fully saturated rings. The van der Waals surface area contributed by atoms with E-state index < -0.39 is 0 Å². The highest BCUT2D eigenvalue weighted by Gasteiger charge is 2.16. The minimum absolute atomic E-state index is 0.220. The molecule has 3 nitrogen and oxygen atoms in total. The summed E-state index contributed by atoms with van der Waals surface area (Å²) in [6, 6.07) is 16.1. The smallest absolute Gasteiger partial charge is 0.148 e. The quantitative estimate of drug-likeness (QED) is 0.798. The molecule has 0 aliphatic heterocycles. The second kappa shape index (κ2) is 5.76. The normalized spacial score (nSPS) is 12.3. The Hall–Kier alpha value is -2.04. The zero-order valence-corrected chi connectivity index (χ0v) is 12.9. The molecule has 1 heterocycles. The van der Waals surface area contributed by atoms with E-state index in [2.05, 4.69) is 42.2 Å². The van der Waals surface area contributed by atoms with Crippen LogP contribution in [0.25, 0.3) is 10.6 Å². The Kier molecular flexibility index (Phi) is 3.82. The number of aryl methyl sites for hydroxylation is 2. The third-order valence-corrected chi connectivity index (χ3v) is 4.53. The van der Waals surface area contributed by atoms with Gasteiger partial charge in [-0.05, 0) is 31.0 Å². The lowest BCUT2D eigenvalue weighted by Gasteiger charge is -2.07. The third-order valence-electron chi connectivity index (χ3n) is 3.49. The summed E-state index contributed by atoms with van der Waals surface area (Å²) < 4.78 is 0. The monoisotopic (exact) mass is 295 g/mol. The van der Waals surface area contributed by atoms with Crippen LogP contribution >= 0.6 is 11.3 Å². The number of rotatable bonds is 3. The lowest BCUT2D eigenvalue weighted by atomic mass is 10.1. The van der Waals surface area contributed by atoms with Gasteiger partial charge in [-0.25, -0.2) is 0 Å². The average Bonchev–Trinajstić information content (AvgIpc) is 2.99. The third kappa shape index (κ3) is 2.86. The zero-order chi connectivity index (χ0) is 14.8. The maximum absolute atomic E-state index is 6.28. The van der Waals surface area contributed by atoms with E-state index in [4.69, 9.17) is 5.73 Å². The molecule has 0 radical (unpaired) electrons. The molecule has 2 N–H and O–H groups in total. The van der Waals surface area contributed by atoms with Gasteiger partial charge in [-0.15, -0.1) is 10.2 Å². The van der Waals surface area contributed by atoms with Gasteiger partial charge in [0.15, 0.2) is 0 Å². The van der Waals surface area contributed by atoms with Gasteiger partial charge in [0.25, 0.3) is 0 Å². The minimum atomic E-state index is -0.220. The summed E-state index contributed by atoms with van der Waals surface area (Å²) in [5.41, 5.74) is 10.9. The summed E-state index contributed by atoms with van der Waals surface area (Å²) in [6.45, 7) is 4.17. The summed E-state index contributed by atoms with van der Waals surface area (Å²) in [5.74, 6) is 0. The van der Waals surface area contributed by atoms with Crippen molar-refractivity contribution in [2.75, 3.05) is 0 Å². The van der Waals surface area contributed by atoms with Crippen LogP contribution in [-0.2, 0) is 0 Å². The first-order valence-electron chi connectivity index (χ1n) is 6.86. The molecule has 0 aliphatic carbocycles. The van der Waals surface area contributed by atoms with Crippen molar-refractivity contribution >= 4 is 11.3 Å². The standard InChI is InChI=1S/C17H17N3S/c1-11-8-9-12(2)14(10-11)16-19-20-17(21-16)15(18)13-6-4-3-5-7-13/h3-10,15H,18H2,1-2H3. The summed E-state index contributed by atoms with van der Waals surface area (Å²) in [6.07, 6.45) is 0. The van der Waals surface area contributed by atoms with Gasteiger partial charge in [-0.3, -0.25) is 0 Å². The molecule has 2 aromatic carbocycles. The Balaban J connectivity index is 1.95. The van der Waals surface area contributed by atoms with Crippen molar-refractivity contribution in [2.45, 2.75) is 19.9 Å². The molecule has 1 aromatic heterocycles. The van der Waals surface area contributed by atoms with Gasteiger partial charge in [0.1, 0.15) is 10.0 Å². The predicted octanol–water partition coefficient (Wildman–Crippen LogP) is 3.87. The van der Waals surface area contributed by atoms with Crippen LogP contribution in [-0.4, -0.2) is 10.2 Å².